The monoisotopic (exact) mass is 294 g/mol. The van der Waals surface area contributed by atoms with Crippen molar-refractivity contribution < 1.29 is 4.79 Å². The van der Waals surface area contributed by atoms with Gasteiger partial charge >= 0.3 is 0 Å². The van der Waals surface area contributed by atoms with Crippen LogP contribution in [0.15, 0.2) is 18.2 Å². The largest absolute Gasteiger partial charge is 0.385 e. The second kappa shape index (κ2) is 6.98. The molecule has 0 saturated heterocycles. The van der Waals surface area contributed by atoms with Crippen LogP contribution in [-0.2, 0) is 0 Å². The van der Waals surface area contributed by atoms with Gasteiger partial charge in [0.15, 0.2) is 0 Å². The lowest BCUT2D eigenvalue weighted by atomic mass is 9.86. The Morgan fingerprint density at radius 3 is 2.80 bits per heavy atom. The molecule has 0 bridgehead atoms. The normalized spacial score (nSPS) is 22.4. The van der Waals surface area contributed by atoms with E-state index >= 15 is 0 Å². The molecule has 0 aliphatic heterocycles. The maximum Gasteiger partial charge on any atom is 0.253 e. The lowest BCUT2D eigenvalue weighted by Gasteiger charge is -2.29. The van der Waals surface area contributed by atoms with E-state index in [9.17, 15) is 4.79 Å². The standard InChI is InChI=1S/C16H23ClN2O/c1-3-18-15-9-8-12(17)10-13(15)16(20)19-14-7-5-4-6-11(14)2/h8-11,14,18H,3-7H2,1-2H3,(H,19,20). The van der Waals surface area contributed by atoms with E-state index < -0.39 is 0 Å². The first-order chi connectivity index (χ1) is 9.61. The van der Waals surface area contributed by atoms with Gasteiger partial charge in [-0.15, -0.1) is 0 Å². The number of rotatable bonds is 4. The van der Waals surface area contributed by atoms with E-state index in [0.29, 0.717) is 16.5 Å². The van der Waals surface area contributed by atoms with Crippen LogP contribution in [0.4, 0.5) is 5.69 Å². The summed E-state index contributed by atoms with van der Waals surface area (Å²) < 4.78 is 0. The van der Waals surface area contributed by atoms with Crippen molar-refractivity contribution in [3.63, 3.8) is 0 Å². The van der Waals surface area contributed by atoms with Gasteiger partial charge in [-0.2, -0.15) is 0 Å². The van der Waals surface area contributed by atoms with E-state index in [1.807, 2.05) is 13.0 Å². The van der Waals surface area contributed by atoms with Crippen LogP contribution in [0, 0.1) is 5.92 Å². The summed E-state index contributed by atoms with van der Waals surface area (Å²) >= 11 is 6.02. The molecule has 3 nitrogen and oxygen atoms in total. The van der Waals surface area contributed by atoms with Crippen LogP contribution in [0.1, 0.15) is 49.9 Å². The average molecular weight is 295 g/mol. The molecule has 0 spiro atoms. The fraction of sp³-hybridized carbons (Fsp3) is 0.562. The highest BCUT2D eigenvalue weighted by Gasteiger charge is 2.24. The van der Waals surface area contributed by atoms with E-state index in [-0.39, 0.29) is 11.9 Å². The Morgan fingerprint density at radius 2 is 2.10 bits per heavy atom. The molecule has 2 atom stereocenters. The first-order valence-corrected chi connectivity index (χ1v) is 7.84. The summed E-state index contributed by atoms with van der Waals surface area (Å²) in [4.78, 5) is 12.5. The Hall–Kier alpha value is -1.22. The average Bonchev–Trinajstić information content (AvgIpc) is 2.43. The number of hydrogen-bond donors (Lipinski definition) is 2. The number of anilines is 1. The third kappa shape index (κ3) is 3.66. The summed E-state index contributed by atoms with van der Waals surface area (Å²) in [5, 5.41) is 6.98. The Balaban J connectivity index is 2.13. The minimum atomic E-state index is -0.0257. The molecule has 1 amide bonds. The predicted octanol–water partition coefficient (Wildman–Crippen LogP) is 4.08. The molecule has 0 aromatic heterocycles. The number of benzene rings is 1. The van der Waals surface area contributed by atoms with Crippen LogP contribution < -0.4 is 10.6 Å². The minimum Gasteiger partial charge on any atom is -0.385 e. The molecule has 1 aliphatic carbocycles. The minimum absolute atomic E-state index is 0.0257. The second-order valence-corrected chi connectivity index (χ2v) is 6.00. The summed E-state index contributed by atoms with van der Waals surface area (Å²) in [7, 11) is 0. The fourth-order valence-electron chi connectivity index (χ4n) is 2.83. The molecule has 0 heterocycles. The van der Waals surface area contributed by atoms with Crippen molar-refractivity contribution >= 4 is 23.2 Å². The van der Waals surface area contributed by atoms with E-state index in [2.05, 4.69) is 17.6 Å². The smallest absolute Gasteiger partial charge is 0.253 e. The molecule has 1 aromatic rings. The van der Waals surface area contributed by atoms with Crippen LogP contribution in [0.5, 0.6) is 0 Å². The Labute approximate surface area is 126 Å². The molecule has 1 fully saturated rings. The molecule has 1 aromatic carbocycles. The van der Waals surface area contributed by atoms with E-state index in [1.165, 1.54) is 19.3 Å². The molecule has 2 N–H and O–H groups in total. The lowest BCUT2D eigenvalue weighted by molar-refractivity contribution is 0.0911. The molecule has 1 aliphatic rings. The van der Waals surface area contributed by atoms with Gasteiger partial charge in [0.25, 0.3) is 5.91 Å². The van der Waals surface area contributed by atoms with Crippen molar-refractivity contribution in [2.75, 3.05) is 11.9 Å². The highest BCUT2D eigenvalue weighted by atomic mass is 35.5. The van der Waals surface area contributed by atoms with Gasteiger partial charge < -0.3 is 10.6 Å². The first-order valence-electron chi connectivity index (χ1n) is 7.46. The maximum atomic E-state index is 12.5. The van der Waals surface area contributed by atoms with Crippen LogP contribution in [0.2, 0.25) is 5.02 Å². The molecule has 4 heteroatoms. The SMILES string of the molecule is CCNc1ccc(Cl)cc1C(=O)NC1CCCCC1C. The van der Waals surface area contributed by atoms with Crippen molar-refractivity contribution in [2.24, 2.45) is 5.92 Å². The molecule has 2 unspecified atom stereocenters. The number of hydrogen-bond acceptors (Lipinski definition) is 2. The molecule has 20 heavy (non-hydrogen) atoms. The predicted molar refractivity (Wildman–Crippen MR) is 84.5 cm³/mol. The second-order valence-electron chi connectivity index (χ2n) is 5.56. The van der Waals surface area contributed by atoms with E-state index in [1.54, 1.807) is 12.1 Å². The van der Waals surface area contributed by atoms with Crippen molar-refractivity contribution in [1.29, 1.82) is 0 Å². The summed E-state index contributed by atoms with van der Waals surface area (Å²) in [6.45, 7) is 5.01. The highest BCUT2D eigenvalue weighted by molar-refractivity contribution is 6.31. The zero-order chi connectivity index (χ0) is 14.5. The highest BCUT2D eigenvalue weighted by Crippen LogP contribution is 2.25. The van der Waals surface area contributed by atoms with Crippen molar-refractivity contribution in [1.82, 2.24) is 5.32 Å². The van der Waals surface area contributed by atoms with Crippen LogP contribution >= 0.6 is 11.6 Å². The summed E-state index contributed by atoms with van der Waals surface area (Å²) in [6.07, 6.45) is 4.74. The Kier molecular flexibility index (Phi) is 5.30. The molecule has 2 rings (SSSR count). The van der Waals surface area contributed by atoms with Crippen LogP contribution in [0.25, 0.3) is 0 Å². The Morgan fingerprint density at radius 1 is 1.35 bits per heavy atom. The third-order valence-electron chi connectivity index (χ3n) is 4.02. The summed E-state index contributed by atoms with van der Waals surface area (Å²) in [5.41, 5.74) is 1.48. The van der Waals surface area contributed by atoms with Crippen molar-refractivity contribution in [3.8, 4) is 0 Å². The van der Waals surface area contributed by atoms with Gasteiger partial charge in [0.2, 0.25) is 0 Å². The molecule has 0 radical (unpaired) electrons. The van der Waals surface area contributed by atoms with Crippen LogP contribution in [-0.4, -0.2) is 18.5 Å². The van der Waals surface area contributed by atoms with Gasteiger partial charge in [-0.25, -0.2) is 0 Å². The number of amides is 1. The Bertz CT molecular complexity index is 476. The summed E-state index contributed by atoms with van der Waals surface area (Å²) in [6, 6.07) is 5.69. The third-order valence-corrected chi connectivity index (χ3v) is 4.26. The van der Waals surface area contributed by atoms with Crippen molar-refractivity contribution in [3.05, 3.63) is 28.8 Å². The van der Waals surface area contributed by atoms with Gasteiger partial charge in [0.1, 0.15) is 0 Å². The van der Waals surface area contributed by atoms with Gasteiger partial charge in [0, 0.05) is 23.3 Å². The van der Waals surface area contributed by atoms with E-state index in [4.69, 9.17) is 11.6 Å². The van der Waals surface area contributed by atoms with Gasteiger partial charge in [-0.3, -0.25) is 4.79 Å². The fourth-order valence-corrected chi connectivity index (χ4v) is 3.00. The quantitative estimate of drug-likeness (QED) is 0.878. The summed E-state index contributed by atoms with van der Waals surface area (Å²) in [5.74, 6) is 0.525. The molecular formula is C16H23ClN2O. The zero-order valence-corrected chi connectivity index (χ0v) is 13.0. The lowest BCUT2D eigenvalue weighted by Crippen LogP contribution is -2.41. The number of carbonyl (C=O) groups excluding carboxylic acids is 1. The zero-order valence-electron chi connectivity index (χ0n) is 12.2. The molecule has 1 saturated carbocycles. The first kappa shape index (κ1) is 15.2. The number of nitrogens with one attached hydrogen (secondary N) is 2. The van der Waals surface area contributed by atoms with Gasteiger partial charge in [0.05, 0.1) is 5.56 Å². The number of carbonyl (C=O) groups is 1. The molecule has 110 valence electrons. The van der Waals surface area contributed by atoms with Gasteiger partial charge in [-0.1, -0.05) is 31.4 Å². The molecular weight excluding hydrogens is 272 g/mol. The van der Waals surface area contributed by atoms with Crippen molar-refractivity contribution in [2.45, 2.75) is 45.6 Å². The van der Waals surface area contributed by atoms with Crippen LogP contribution in [0.3, 0.4) is 0 Å². The van der Waals surface area contributed by atoms with Gasteiger partial charge in [-0.05, 0) is 43.9 Å². The maximum absolute atomic E-state index is 12.5. The topological polar surface area (TPSA) is 41.1 Å². The number of halogens is 1. The van der Waals surface area contributed by atoms with E-state index in [0.717, 1.165) is 18.7 Å².